The second-order valence-corrected chi connectivity index (χ2v) is 9.29. The summed E-state index contributed by atoms with van der Waals surface area (Å²) in [5, 5.41) is 2.02. The lowest BCUT2D eigenvalue weighted by Crippen LogP contribution is -2.22. The number of benzene rings is 1. The Hall–Kier alpha value is -3.17. The molecule has 1 aromatic carbocycles. The highest BCUT2D eigenvalue weighted by molar-refractivity contribution is 7.98. The highest BCUT2D eigenvalue weighted by atomic mass is 32.2. The number of aryl methyl sites for hydroxylation is 2. The normalized spacial score (nSPS) is 11.7. The quantitative estimate of drug-likeness (QED) is 0.240. The third-order valence-electron chi connectivity index (χ3n) is 5.18. The molecule has 0 fully saturated rings. The number of rotatable bonds is 5. The number of furan rings is 1. The van der Waals surface area contributed by atoms with Gasteiger partial charge >= 0.3 is 0 Å². The number of aromatic amines is 1. The molecular weight excluding hydrogens is 432 g/mol. The summed E-state index contributed by atoms with van der Waals surface area (Å²) in [6, 6.07) is 7.42. The van der Waals surface area contributed by atoms with Crippen molar-refractivity contribution >= 4 is 55.4 Å². The maximum atomic E-state index is 13.1. The molecule has 4 heterocycles. The topological polar surface area (TPSA) is 93.8 Å². The molecule has 0 aliphatic carbocycles. The molecule has 0 unspecified atom stereocenters. The SMILES string of the molecule is C=CCn1c(SCc2nc3c(oc4ccccc43)c(=O)[nH]2)nc2sc(C)c(C)c2c1=O. The minimum Gasteiger partial charge on any atom is -0.449 e. The van der Waals surface area contributed by atoms with Crippen LogP contribution in [0.5, 0.6) is 0 Å². The Kier molecular flexibility index (Phi) is 4.79. The molecule has 0 aliphatic heterocycles. The van der Waals surface area contributed by atoms with Gasteiger partial charge in [-0.25, -0.2) is 9.97 Å². The predicted molar refractivity (Wildman–Crippen MR) is 125 cm³/mol. The molecule has 1 N–H and O–H groups in total. The summed E-state index contributed by atoms with van der Waals surface area (Å²) in [5.74, 6) is 0.843. The van der Waals surface area contributed by atoms with E-state index in [0.717, 1.165) is 20.7 Å². The Morgan fingerprint density at radius 2 is 2.06 bits per heavy atom. The van der Waals surface area contributed by atoms with Crippen molar-refractivity contribution in [3.63, 3.8) is 0 Å². The first kappa shape index (κ1) is 19.8. The van der Waals surface area contributed by atoms with Crippen molar-refractivity contribution in [1.29, 1.82) is 0 Å². The Morgan fingerprint density at radius 1 is 1.26 bits per heavy atom. The van der Waals surface area contributed by atoms with Crippen LogP contribution in [-0.4, -0.2) is 19.5 Å². The number of para-hydroxylation sites is 1. The minimum atomic E-state index is -0.326. The van der Waals surface area contributed by atoms with Crippen LogP contribution in [0.15, 0.2) is 56.1 Å². The molecule has 0 radical (unpaired) electrons. The van der Waals surface area contributed by atoms with Crippen LogP contribution in [0.2, 0.25) is 0 Å². The first-order valence-electron chi connectivity index (χ1n) is 9.62. The number of H-pyrrole nitrogens is 1. The number of fused-ring (bicyclic) bond motifs is 4. The molecule has 0 saturated carbocycles. The Labute approximate surface area is 184 Å². The zero-order valence-corrected chi connectivity index (χ0v) is 18.5. The molecule has 0 aliphatic rings. The third-order valence-corrected chi connectivity index (χ3v) is 7.27. The number of aromatic nitrogens is 4. The fourth-order valence-corrected chi connectivity index (χ4v) is 5.51. The fourth-order valence-electron chi connectivity index (χ4n) is 3.56. The second-order valence-electron chi connectivity index (χ2n) is 7.14. The largest absolute Gasteiger partial charge is 0.449 e. The van der Waals surface area contributed by atoms with Crippen LogP contribution in [0.1, 0.15) is 16.3 Å². The monoisotopic (exact) mass is 450 g/mol. The number of hydrogen-bond acceptors (Lipinski definition) is 7. The van der Waals surface area contributed by atoms with Crippen LogP contribution in [-0.2, 0) is 12.3 Å². The van der Waals surface area contributed by atoms with Crippen molar-refractivity contribution in [3.8, 4) is 0 Å². The molecule has 9 heteroatoms. The van der Waals surface area contributed by atoms with Gasteiger partial charge in [-0.15, -0.1) is 17.9 Å². The van der Waals surface area contributed by atoms with Crippen LogP contribution in [0.25, 0.3) is 32.3 Å². The van der Waals surface area contributed by atoms with E-state index >= 15 is 0 Å². The van der Waals surface area contributed by atoms with Crippen molar-refractivity contribution in [2.24, 2.45) is 0 Å². The van der Waals surface area contributed by atoms with E-state index in [4.69, 9.17) is 9.40 Å². The molecule has 0 saturated heterocycles. The molecule has 5 rings (SSSR count). The number of allylic oxidation sites excluding steroid dienone is 1. The molecular formula is C22H18N4O3S2. The van der Waals surface area contributed by atoms with Gasteiger partial charge < -0.3 is 9.40 Å². The zero-order valence-electron chi connectivity index (χ0n) is 16.9. The first-order chi connectivity index (χ1) is 15.0. The molecule has 4 aromatic heterocycles. The average molecular weight is 451 g/mol. The van der Waals surface area contributed by atoms with Gasteiger partial charge in [-0.1, -0.05) is 30.0 Å². The lowest BCUT2D eigenvalue weighted by atomic mass is 10.2. The van der Waals surface area contributed by atoms with Crippen LogP contribution < -0.4 is 11.1 Å². The van der Waals surface area contributed by atoms with Crippen molar-refractivity contribution in [2.45, 2.75) is 31.3 Å². The van der Waals surface area contributed by atoms with Gasteiger partial charge in [0.05, 0.1) is 11.1 Å². The van der Waals surface area contributed by atoms with Crippen molar-refractivity contribution in [2.75, 3.05) is 0 Å². The summed E-state index contributed by atoms with van der Waals surface area (Å²) in [5.41, 5.74) is 1.93. The van der Waals surface area contributed by atoms with Gasteiger partial charge in [0.2, 0.25) is 5.58 Å². The highest BCUT2D eigenvalue weighted by Crippen LogP contribution is 2.30. The summed E-state index contributed by atoms with van der Waals surface area (Å²) in [6.07, 6.45) is 1.68. The van der Waals surface area contributed by atoms with Crippen LogP contribution in [0.4, 0.5) is 0 Å². The Morgan fingerprint density at radius 3 is 2.87 bits per heavy atom. The molecule has 156 valence electrons. The van der Waals surface area contributed by atoms with Gasteiger partial charge in [-0.3, -0.25) is 14.2 Å². The molecule has 0 spiro atoms. The van der Waals surface area contributed by atoms with E-state index in [1.807, 2.05) is 38.1 Å². The standard InChI is InChI=1S/C22H18N4O3S2/c1-4-9-26-21(28)16-11(2)12(3)31-20(16)25-22(26)30-10-15-23-17-13-7-5-6-8-14(13)29-18(17)19(27)24-15/h4-8H,1,9-10H2,2-3H3,(H,23,24,27). The van der Waals surface area contributed by atoms with Crippen LogP contribution in [0.3, 0.4) is 0 Å². The number of thiophene rings is 1. The molecule has 5 aromatic rings. The van der Waals surface area contributed by atoms with E-state index in [1.54, 1.807) is 10.6 Å². The summed E-state index contributed by atoms with van der Waals surface area (Å²) in [6.45, 7) is 8.06. The zero-order chi connectivity index (χ0) is 21.7. The van der Waals surface area contributed by atoms with Crippen LogP contribution in [0, 0.1) is 13.8 Å². The Balaban J connectivity index is 1.58. The van der Waals surface area contributed by atoms with Gasteiger partial charge in [0.1, 0.15) is 21.8 Å². The number of hydrogen-bond donors (Lipinski definition) is 1. The predicted octanol–water partition coefficient (Wildman–Crippen LogP) is 4.54. The fraction of sp³-hybridized carbons (Fsp3) is 0.182. The lowest BCUT2D eigenvalue weighted by Gasteiger charge is -2.10. The molecule has 0 bridgehead atoms. The lowest BCUT2D eigenvalue weighted by molar-refractivity contribution is 0.660. The molecule has 7 nitrogen and oxygen atoms in total. The van der Waals surface area contributed by atoms with Crippen LogP contribution >= 0.6 is 23.1 Å². The van der Waals surface area contributed by atoms with E-state index in [2.05, 4.69) is 16.5 Å². The number of nitrogens with one attached hydrogen (secondary N) is 1. The van der Waals surface area contributed by atoms with Crippen molar-refractivity contribution < 1.29 is 4.42 Å². The Bertz CT molecular complexity index is 1610. The summed E-state index contributed by atoms with van der Waals surface area (Å²) in [7, 11) is 0. The minimum absolute atomic E-state index is 0.0769. The third kappa shape index (κ3) is 3.21. The summed E-state index contributed by atoms with van der Waals surface area (Å²) >= 11 is 2.87. The number of nitrogens with zero attached hydrogens (tertiary/aromatic N) is 3. The molecule has 0 atom stereocenters. The van der Waals surface area contributed by atoms with Crippen molar-refractivity contribution in [3.05, 3.63) is 73.9 Å². The summed E-state index contributed by atoms with van der Waals surface area (Å²) < 4.78 is 7.26. The maximum Gasteiger partial charge on any atom is 0.294 e. The van der Waals surface area contributed by atoms with E-state index in [1.165, 1.54) is 23.1 Å². The summed E-state index contributed by atoms with van der Waals surface area (Å²) in [4.78, 5) is 39.6. The highest BCUT2D eigenvalue weighted by Gasteiger charge is 2.18. The molecule has 0 amide bonds. The second kappa shape index (κ2) is 7.51. The maximum absolute atomic E-state index is 13.1. The van der Waals surface area contributed by atoms with Gasteiger partial charge in [-0.05, 0) is 31.5 Å². The number of thioether (sulfide) groups is 1. The van der Waals surface area contributed by atoms with Gasteiger partial charge in [-0.2, -0.15) is 0 Å². The smallest absolute Gasteiger partial charge is 0.294 e. The molecule has 31 heavy (non-hydrogen) atoms. The van der Waals surface area contributed by atoms with E-state index < -0.39 is 0 Å². The van der Waals surface area contributed by atoms with Gasteiger partial charge in [0.15, 0.2) is 5.16 Å². The van der Waals surface area contributed by atoms with E-state index in [-0.39, 0.29) is 16.7 Å². The van der Waals surface area contributed by atoms with Crippen molar-refractivity contribution in [1.82, 2.24) is 19.5 Å². The van der Waals surface area contributed by atoms with E-state index in [0.29, 0.717) is 39.8 Å². The average Bonchev–Trinajstić information content (AvgIpc) is 3.27. The first-order valence-corrected chi connectivity index (χ1v) is 11.4. The van der Waals surface area contributed by atoms with E-state index in [9.17, 15) is 9.59 Å². The van der Waals surface area contributed by atoms with Gasteiger partial charge in [0, 0.05) is 16.8 Å². The van der Waals surface area contributed by atoms with Gasteiger partial charge in [0.25, 0.3) is 11.1 Å².